The number of carbonyl (C=O) groups is 2. The molecule has 0 radical (unpaired) electrons. The lowest BCUT2D eigenvalue weighted by atomic mass is 10.2. The molecule has 2 N–H and O–H groups in total. The Morgan fingerprint density at radius 1 is 1.34 bits per heavy atom. The standard InChI is InChI=1S/C18H17ClN6O2S2/c1-2-7-25-14(10-21-16(27)12-4-3-5-13(19)9-12)23-24-18(25)29-11-15(26)22-17-20-6-8-28-17/h2-6,8-9H,1,7,10-11H2,(H,21,27)(H,20,22,26). The molecule has 0 aliphatic carbocycles. The van der Waals surface area contributed by atoms with Crippen molar-refractivity contribution in [2.24, 2.45) is 0 Å². The summed E-state index contributed by atoms with van der Waals surface area (Å²) in [5.74, 6) is 0.263. The van der Waals surface area contributed by atoms with Crippen molar-refractivity contribution in [1.82, 2.24) is 25.1 Å². The van der Waals surface area contributed by atoms with Crippen LogP contribution in [0.15, 0.2) is 53.7 Å². The molecule has 150 valence electrons. The highest BCUT2D eigenvalue weighted by Gasteiger charge is 2.15. The van der Waals surface area contributed by atoms with Crippen molar-refractivity contribution < 1.29 is 9.59 Å². The number of hydrogen-bond acceptors (Lipinski definition) is 7. The van der Waals surface area contributed by atoms with Gasteiger partial charge < -0.3 is 15.2 Å². The average Bonchev–Trinajstić information content (AvgIpc) is 3.35. The van der Waals surface area contributed by atoms with E-state index in [2.05, 4.69) is 32.4 Å². The zero-order chi connectivity index (χ0) is 20.6. The van der Waals surface area contributed by atoms with Gasteiger partial charge in [0.1, 0.15) is 0 Å². The van der Waals surface area contributed by atoms with Crippen molar-refractivity contribution in [3.05, 3.63) is 64.9 Å². The summed E-state index contributed by atoms with van der Waals surface area (Å²) in [4.78, 5) is 28.4. The van der Waals surface area contributed by atoms with Crippen LogP contribution in [0.1, 0.15) is 16.2 Å². The number of thioether (sulfide) groups is 1. The summed E-state index contributed by atoms with van der Waals surface area (Å²) >= 11 is 8.52. The molecule has 2 heterocycles. The topological polar surface area (TPSA) is 102 Å². The maximum absolute atomic E-state index is 12.3. The normalized spacial score (nSPS) is 10.5. The summed E-state index contributed by atoms with van der Waals surface area (Å²) in [6, 6.07) is 6.68. The van der Waals surface area contributed by atoms with Gasteiger partial charge in [0.25, 0.3) is 5.91 Å². The number of anilines is 1. The van der Waals surface area contributed by atoms with Gasteiger partial charge >= 0.3 is 0 Å². The first-order chi connectivity index (χ1) is 14.1. The van der Waals surface area contributed by atoms with E-state index < -0.39 is 0 Å². The zero-order valence-corrected chi connectivity index (χ0v) is 17.6. The Kier molecular flexibility index (Phi) is 7.39. The molecule has 0 atom stereocenters. The van der Waals surface area contributed by atoms with Crippen molar-refractivity contribution >= 4 is 51.6 Å². The molecule has 0 unspecified atom stereocenters. The maximum Gasteiger partial charge on any atom is 0.251 e. The summed E-state index contributed by atoms with van der Waals surface area (Å²) in [6.45, 7) is 4.37. The lowest BCUT2D eigenvalue weighted by Crippen LogP contribution is -2.24. The van der Waals surface area contributed by atoms with Gasteiger partial charge in [-0.2, -0.15) is 0 Å². The fourth-order valence-electron chi connectivity index (χ4n) is 2.33. The summed E-state index contributed by atoms with van der Waals surface area (Å²) in [5.41, 5.74) is 0.459. The predicted octanol–water partition coefficient (Wildman–Crippen LogP) is 3.23. The summed E-state index contributed by atoms with van der Waals surface area (Å²) in [5, 5.41) is 17.2. The SMILES string of the molecule is C=CCn1c(CNC(=O)c2cccc(Cl)c2)nnc1SCC(=O)Nc1nccs1. The van der Waals surface area contributed by atoms with E-state index in [-0.39, 0.29) is 24.1 Å². The molecule has 0 bridgehead atoms. The Morgan fingerprint density at radius 2 is 2.21 bits per heavy atom. The van der Waals surface area contributed by atoms with Crippen LogP contribution in [0.2, 0.25) is 5.02 Å². The number of carbonyl (C=O) groups excluding carboxylic acids is 2. The van der Waals surface area contributed by atoms with E-state index in [0.717, 1.165) is 0 Å². The number of aromatic nitrogens is 4. The van der Waals surface area contributed by atoms with Gasteiger partial charge in [-0.3, -0.25) is 9.59 Å². The van der Waals surface area contributed by atoms with E-state index in [0.29, 0.717) is 33.2 Å². The molecule has 0 saturated heterocycles. The molecule has 0 spiro atoms. The van der Waals surface area contributed by atoms with Crippen LogP contribution in [-0.2, 0) is 17.9 Å². The Balaban J connectivity index is 1.61. The molecule has 0 saturated carbocycles. The van der Waals surface area contributed by atoms with Crippen LogP contribution in [-0.4, -0.2) is 37.3 Å². The van der Waals surface area contributed by atoms with Crippen LogP contribution in [0.5, 0.6) is 0 Å². The monoisotopic (exact) mass is 448 g/mol. The Bertz CT molecular complexity index is 1010. The lowest BCUT2D eigenvalue weighted by molar-refractivity contribution is -0.113. The van der Waals surface area contributed by atoms with Crippen LogP contribution in [0.4, 0.5) is 5.13 Å². The molecular formula is C18H17ClN6O2S2. The molecule has 8 nitrogen and oxygen atoms in total. The molecule has 0 fully saturated rings. The number of nitrogens with one attached hydrogen (secondary N) is 2. The first-order valence-corrected chi connectivity index (χ1v) is 10.7. The van der Waals surface area contributed by atoms with E-state index in [9.17, 15) is 9.59 Å². The second-order valence-corrected chi connectivity index (χ2v) is 7.94. The molecule has 1 aromatic carbocycles. The molecule has 29 heavy (non-hydrogen) atoms. The number of hydrogen-bond donors (Lipinski definition) is 2. The van der Waals surface area contributed by atoms with Gasteiger partial charge in [0.15, 0.2) is 16.1 Å². The fraction of sp³-hybridized carbons (Fsp3) is 0.167. The summed E-state index contributed by atoms with van der Waals surface area (Å²) < 4.78 is 1.80. The van der Waals surface area contributed by atoms with Gasteiger partial charge in [0.05, 0.1) is 12.3 Å². The van der Waals surface area contributed by atoms with Gasteiger partial charge in [-0.25, -0.2) is 4.98 Å². The van der Waals surface area contributed by atoms with Crippen LogP contribution in [0, 0.1) is 0 Å². The maximum atomic E-state index is 12.3. The predicted molar refractivity (Wildman–Crippen MR) is 114 cm³/mol. The minimum absolute atomic E-state index is 0.156. The molecule has 0 aliphatic rings. The molecule has 2 amide bonds. The van der Waals surface area contributed by atoms with Crippen molar-refractivity contribution in [1.29, 1.82) is 0 Å². The highest BCUT2D eigenvalue weighted by atomic mass is 35.5. The van der Waals surface area contributed by atoms with E-state index >= 15 is 0 Å². The van der Waals surface area contributed by atoms with Crippen molar-refractivity contribution in [2.45, 2.75) is 18.2 Å². The number of benzene rings is 1. The Morgan fingerprint density at radius 3 is 2.93 bits per heavy atom. The molecule has 0 aliphatic heterocycles. The molecule has 2 aromatic heterocycles. The average molecular weight is 449 g/mol. The highest BCUT2D eigenvalue weighted by Crippen LogP contribution is 2.19. The zero-order valence-electron chi connectivity index (χ0n) is 15.2. The largest absolute Gasteiger partial charge is 0.345 e. The number of allylic oxidation sites excluding steroid dienone is 1. The van der Waals surface area contributed by atoms with Gasteiger partial charge in [-0.05, 0) is 18.2 Å². The number of halogens is 1. The number of nitrogens with zero attached hydrogens (tertiary/aromatic N) is 4. The van der Waals surface area contributed by atoms with Crippen LogP contribution in [0.25, 0.3) is 0 Å². The fourth-order valence-corrected chi connectivity index (χ4v) is 3.83. The first kappa shape index (κ1) is 21.0. The number of rotatable bonds is 9. The number of thiazole rings is 1. The second-order valence-electron chi connectivity index (χ2n) is 5.67. The minimum atomic E-state index is -0.266. The second kappa shape index (κ2) is 10.2. The van der Waals surface area contributed by atoms with Gasteiger partial charge in [0, 0.05) is 28.7 Å². The third-order valence-electron chi connectivity index (χ3n) is 3.61. The van der Waals surface area contributed by atoms with Crippen molar-refractivity contribution in [3.63, 3.8) is 0 Å². The lowest BCUT2D eigenvalue weighted by Gasteiger charge is -2.09. The van der Waals surface area contributed by atoms with Crippen LogP contribution in [0.3, 0.4) is 0 Å². The highest BCUT2D eigenvalue weighted by molar-refractivity contribution is 7.99. The number of amides is 2. The van der Waals surface area contributed by atoms with Gasteiger partial charge in [-0.15, -0.1) is 28.1 Å². The van der Waals surface area contributed by atoms with Crippen LogP contribution >= 0.6 is 34.7 Å². The van der Waals surface area contributed by atoms with Gasteiger partial charge in [-0.1, -0.05) is 35.5 Å². The molecule has 3 aromatic rings. The Hall–Kier alpha value is -2.69. The Labute approximate surface area is 180 Å². The smallest absolute Gasteiger partial charge is 0.251 e. The van der Waals surface area contributed by atoms with E-state index in [1.165, 1.54) is 23.1 Å². The summed E-state index contributed by atoms with van der Waals surface area (Å²) in [6.07, 6.45) is 3.32. The van der Waals surface area contributed by atoms with E-state index in [1.54, 1.807) is 46.5 Å². The van der Waals surface area contributed by atoms with Crippen molar-refractivity contribution in [3.8, 4) is 0 Å². The minimum Gasteiger partial charge on any atom is -0.345 e. The third-order valence-corrected chi connectivity index (χ3v) is 5.50. The van der Waals surface area contributed by atoms with Gasteiger partial charge in [0.2, 0.25) is 5.91 Å². The van der Waals surface area contributed by atoms with Crippen molar-refractivity contribution in [2.75, 3.05) is 11.1 Å². The van der Waals surface area contributed by atoms with E-state index in [1.807, 2.05) is 0 Å². The van der Waals surface area contributed by atoms with Crippen LogP contribution < -0.4 is 10.6 Å². The molecule has 11 heteroatoms. The first-order valence-electron chi connectivity index (χ1n) is 8.45. The molecular weight excluding hydrogens is 432 g/mol. The van der Waals surface area contributed by atoms with E-state index in [4.69, 9.17) is 11.6 Å². The molecule has 3 rings (SSSR count). The quantitative estimate of drug-likeness (QED) is 0.385. The summed E-state index contributed by atoms with van der Waals surface area (Å²) in [7, 11) is 0. The third kappa shape index (κ3) is 5.89.